The van der Waals surface area contributed by atoms with Gasteiger partial charge in [-0.25, -0.2) is 0 Å². The topological polar surface area (TPSA) is 12.5 Å². The van der Waals surface area contributed by atoms with E-state index in [1.54, 1.807) is 0 Å². The highest BCUT2D eigenvalue weighted by Gasteiger charge is 2.17. The predicted octanol–water partition coefficient (Wildman–Crippen LogP) is 4.51. The molecule has 2 aromatic carbocycles. The van der Waals surface area contributed by atoms with Gasteiger partial charge in [-0.3, -0.25) is 0 Å². The van der Waals surface area contributed by atoms with Crippen molar-refractivity contribution in [3.63, 3.8) is 0 Å². The summed E-state index contributed by atoms with van der Waals surface area (Å²) >= 11 is 0. The quantitative estimate of drug-likeness (QED) is 0.820. The molecule has 1 saturated heterocycles. The number of para-hydroxylation sites is 2. The second-order valence-electron chi connectivity index (χ2n) is 5.66. The highest BCUT2D eigenvalue weighted by atomic mass is 16.5. The maximum absolute atomic E-state index is 6.15. The summed E-state index contributed by atoms with van der Waals surface area (Å²) in [7, 11) is 0. The van der Waals surface area contributed by atoms with Gasteiger partial charge >= 0.3 is 0 Å². The third-order valence-corrected chi connectivity index (χ3v) is 4.09. The van der Waals surface area contributed by atoms with Gasteiger partial charge in [0, 0.05) is 25.2 Å². The fourth-order valence-electron chi connectivity index (χ4n) is 2.94. The van der Waals surface area contributed by atoms with Crippen molar-refractivity contribution in [2.24, 2.45) is 0 Å². The van der Waals surface area contributed by atoms with Crippen LogP contribution in [0.2, 0.25) is 0 Å². The van der Waals surface area contributed by atoms with E-state index in [2.05, 4.69) is 35.2 Å². The van der Waals surface area contributed by atoms with Crippen molar-refractivity contribution in [3.05, 3.63) is 60.7 Å². The second kappa shape index (κ2) is 7.16. The van der Waals surface area contributed by atoms with Crippen molar-refractivity contribution in [3.8, 4) is 5.75 Å². The average Bonchev–Trinajstić information content (AvgIpc) is 2.52. The van der Waals surface area contributed by atoms with Crippen molar-refractivity contribution in [2.45, 2.75) is 31.8 Å². The van der Waals surface area contributed by atoms with Crippen LogP contribution in [0, 0.1) is 0 Å². The molecule has 0 N–H and O–H groups in total. The molecule has 1 unspecified atom stereocenters. The number of rotatable bonds is 3. The Kier molecular flexibility index (Phi) is 4.78. The number of hydrogen-bond donors (Lipinski definition) is 0. The Morgan fingerprint density at radius 1 is 0.762 bits per heavy atom. The summed E-state index contributed by atoms with van der Waals surface area (Å²) in [6.07, 6.45) is 5.06. The summed E-state index contributed by atoms with van der Waals surface area (Å²) in [6.45, 7) is 2.23. The first-order chi connectivity index (χ1) is 10.4. The van der Waals surface area contributed by atoms with E-state index in [-0.39, 0.29) is 0 Å². The van der Waals surface area contributed by atoms with Gasteiger partial charge in [-0.15, -0.1) is 0 Å². The van der Waals surface area contributed by atoms with Crippen LogP contribution in [0.15, 0.2) is 60.7 Å². The van der Waals surface area contributed by atoms with E-state index < -0.39 is 0 Å². The smallest absolute Gasteiger partial charge is 0.119 e. The van der Waals surface area contributed by atoms with E-state index >= 15 is 0 Å². The fourth-order valence-corrected chi connectivity index (χ4v) is 2.94. The van der Waals surface area contributed by atoms with Crippen LogP contribution in [0.25, 0.3) is 0 Å². The molecule has 0 radical (unpaired) electrons. The van der Waals surface area contributed by atoms with E-state index in [1.165, 1.54) is 18.5 Å². The minimum Gasteiger partial charge on any atom is -0.490 e. The maximum atomic E-state index is 6.15. The SMILES string of the molecule is c1ccc(OC2CCCCN(c3ccccc3)CC2)cc1. The van der Waals surface area contributed by atoms with E-state index in [4.69, 9.17) is 4.74 Å². The van der Waals surface area contributed by atoms with Gasteiger partial charge in [0.15, 0.2) is 0 Å². The number of anilines is 1. The Morgan fingerprint density at radius 3 is 2.24 bits per heavy atom. The summed E-state index contributed by atoms with van der Waals surface area (Å²) in [4.78, 5) is 2.49. The predicted molar refractivity (Wildman–Crippen MR) is 88.0 cm³/mol. The first kappa shape index (κ1) is 14.0. The molecule has 0 aromatic heterocycles. The summed E-state index contributed by atoms with van der Waals surface area (Å²) in [5.74, 6) is 0.995. The normalized spacial score (nSPS) is 19.6. The Bertz CT molecular complexity index is 526. The zero-order valence-corrected chi connectivity index (χ0v) is 12.4. The molecule has 1 heterocycles. The van der Waals surface area contributed by atoms with Gasteiger partial charge in [0.1, 0.15) is 11.9 Å². The minimum absolute atomic E-state index is 0.332. The molecular formula is C19H23NO. The van der Waals surface area contributed by atoms with Crippen LogP contribution in [0.3, 0.4) is 0 Å². The molecular weight excluding hydrogens is 258 g/mol. The van der Waals surface area contributed by atoms with Gasteiger partial charge in [-0.1, -0.05) is 36.4 Å². The third kappa shape index (κ3) is 4.01. The van der Waals surface area contributed by atoms with Crippen LogP contribution >= 0.6 is 0 Å². The van der Waals surface area contributed by atoms with Gasteiger partial charge < -0.3 is 9.64 Å². The first-order valence-electron chi connectivity index (χ1n) is 7.93. The first-order valence-corrected chi connectivity index (χ1v) is 7.93. The lowest BCUT2D eigenvalue weighted by Crippen LogP contribution is -2.32. The molecule has 0 bridgehead atoms. The number of ether oxygens (including phenoxy) is 1. The van der Waals surface area contributed by atoms with Gasteiger partial charge in [-0.2, -0.15) is 0 Å². The Labute approximate surface area is 127 Å². The fraction of sp³-hybridized carbons (Fsp3) is 0.368. The van der Waals surface area contributed by atoms with Crippen LogP contribution < -0.4 is 9.64 Å². The van der Waals surface area contributed by atoms with Gasteiger partial charge in [0.25, 0.3) is 0 Å². The van der Waals surface area contributed by atoms with Crippen LogP contribution in [-0.2, 0) is 0 Å². The van der Waals surface area contributed by atoms with Crippen LogP contribution in [0.1, 0.15) is 25.7 Å². The highest BCUT2D eigenvalue weighted by molar-refractivity contribution is 5.45. The Balaban J connectivity index is 1.61. The molecule has 0 amide bonds. The summed E-state index contributed by atoms with van der Waals surface area (Å²) in [6, 6.07) is 20.9. The molecule has 0 aliphatic carbocycles. The monoisotopic (exact) mass is 281 g/mol. The molecule has 1 aliphatic rings. The van der Waals surface area contributed by atoms with Gasteiger partial charge in [-0.05, 0) is 43.5 Å². The molecule has 2 heteroatoms. The number of nitrogens with zero attached hydrogens (tertiary/aromatic N) is 1. The molecule has 1 fully saturated rings. The van der Waals surface area contributed by atoms with Gasteiger partial charge in [0.2, 0.25) is 0 Å². The van der Waals surface area contributed by atoms with Crippen molar-refractivity contribution < 1.29 is 4.74 Å². The highest BCUT2D eigenvalue weighted by Crippen LogP contribution is 2.22. The molecule has 110 valence electrons. The lowest BCUT2D eigenvalue weighted by molar-refractivity contribution is 0.174. The molecule has 2 nitrogen and oxygen atoms in total. The van der Waals surface area contributed by atoms with E-state index in [0.29, 0.717) is 6.10 Å². The van der Waals surface area contributed by atoms with Crippen molar-refractivity contribution >= 4 is 5.69 Å². The van der Waals surface area contributed by atoms with Crippen LogP contribution in [-0.4, -0.2) is 19.2 Å². The third-order valence-electron chi connectivity index (χ3n) is 4.09. The molecule has 0 saturated carbocycles. The second-order valence-corrected chi connectivity index (χ2v) is 5.66. The maximum Gasteiger partial charge on any atom is 0.119 e. The van der Waals surface area contributed by atoms with Crippen molar-refractivity contribution in [2.75, 3.05) is 18.0 Å². The van der Waals surface area contributed by atoms with Crippen LogP contribution in [0.5, 0.6) is 5.75 Å². The van der Waals surface area contributed by atoms with E-state index in [0.717, 1.165) is 31.7 Å². The standard InChI is InChI=1S/C19H23NO/c1-3-9-17(10-4-1)20-15-8-7-13-19(14-16-20)21-18-11-5-2-6-12-18/h1-6,9-12,19H,7-8,13-16H2. The summed E-state index contributed by atoms with van der Waals surface area (Å²) in [5.41, 5.74) is 1.33. The summed E-state index contributed by atoms with van der Waals surface area (Å²) < 4.78 is 6.15. The van der Waals surface area contributed by atoms with E-state index in [1.807, 2.05) is 30.3 Å². The molecule has 1 atom stereocenters. The summed E-state index contributed by atoms with van der Waals surface area (Å²) in [5, 5.41) is 0. The molecule has 1 aliphatic heterocycles. The molecule has 0 spiro atoms. The van der Waals surface area contributed by atoms with Crippen molar-refractivity contribution in [1.29, 1.82) is 0 Å². The molecule has 21 heavy (non-hydrogen) atoms. The molecule has 3 rings (SSSR count). The zero-order valence-electron chi connectivity index (χ0n) is 12.4. The Hall–Kier alpha value is -1.96. The average molecular weight is 281 g/mol. The lowest BCUT2D eigenvalue weighted by Gasteiger charge is -2.30. The Morgan fingerprint density at radius 2 is 1.48 bits per heavy atom. The number of benzene rings is 2. The van der Waals surface area contributed by atoms with Crippen LogP contribution in [0.4, 0.5) is 5.69 Å². The molecule has 2 aromatic rings. The van der Waals surface area contributed by atoms with Crippen molar-refractivity contribution in [1.82, 2.24) is 0 Å². The largest absolute Gasteiger partial charge is 0.490 e. The zero-order chi connectivity index (χ0) is 14.3. The minimum atomic E-state index is 0.332. The van der Waals surface area contributed by atoms with E-state index in [9.17, 15) is 0 Å². The number of hydrogen-bond acceptors (Lipinski definition) is 2. The lowest BCUT2D eigenvalue weighted by atomic mass is 10.0. The van der Waals surface area contributed by atoms with Gasteiger partial charge in [0.05, 0.1) is 0 Å².